The summed E-state index contributed by atoms with van der Waals surface area (Å²) in [5, 5.41) is 8.06. The van der Waals surface area contributed by atoms with E-state index in [4.69, 9.17) is 4.74 Å². The number of nitrogens with one attached hydrogen (secondary N) is 2. The van der Waals surface area contributed by atoms with E-state index in [0.717, 1.165) is 20.6 Å². The molecule has 0 aliphatic heterocycles. The number of rotatable bonds is 9. The summed E-state index contributed by atoms with van der Waals surface area (Å²) >= 11 is 6.29. The smallest absolute Gasteiger partial charge is 0.255 e. The summed E-state index contributed by atoms with van der Waals surface area (Å²) < 4.78 is 6.14. The van der Waals surface area contributed by atoms with Crippen LogP contribution in [0.2, 0.25) is 0 Å². The number of carbonyl (C=O) groups is 2. The van der Waals surface area contributed by atoms with Crippen LogP contribution >= 0.6 is 39.0 Å². The first-order valence-corrected chi connectivity index (χ1v) is 13.7. The second-order valence-corrected chi connectivity index (χ2v) is 10.8. The van der Waals surface area contributed by atoms with E-state index >= 15 is 0 Å². The molecular weight excluding hydrogens is 558 g/mol. The quantitative estimate of drug-likeness (QED) is 0.202. The fourth-order valence-corrected chi connectivity index (χ4v) is 5.35. The number of methoxy groups -OCH3 is 1. The monoisotopic (exact) mass is 581 g/mol. The lowest BCUT2D eigenvalue weighted by molar-refractivity contribution is -0.115. The molecule has 0 fully saturated rings. The zero-order chi connectivity index (χ0) is 25.5. The van der Waals surface area contributed by atoms with Gasteiger partial charge in [-0.2, -0.15) is 0 Å². The number of aromatic nitrogens is 1. The van der Waals surface area contributed by atoms with Gasteiger partial charge in [0, 0.05) is 31.6 Å². The van der Waals surface area contributed by atoms with Crippen LogP contribution in [0.4, 0.5) is 10.8 Å². The molecule has 4 aromatic rings. The topological polar surface area (TPSA) is 80.3 Å². The molecule has 2 amide bonds. The second-order valence-electron chi connectivity index (χ2n) is 7.76. The standard InChI is InChI=1S/C27H24BrN3O3S2/c1-3-24(26(33)31-27-30-23(16-35-27)17-7-11-19(28)12-8-17)36-22-6-4-5-20(15-22)29-25(32)18-9-13-21(34-2)14-10-18/h4-16,24H,3H2,1-2H3,(H,29,32)(H,30,31,33). The molecule has 3 aromatic carbocycles. The van der Waals surface area contributed by atoms with Gasteiger partial charge in [-0.3, -0.25) is 9.59 Å². The predicted molar refractivity (Wildman–Crippen MR) is 151 cm³/mol. The number of hydrogen-bond donors (Lipinski definition) is 2. The predicted octanol–water partition coefficient (Wildman–Crippen LogP) is 7.34. The summed E-state index contributed by atoms with van der Waals surface area (Å²) in [5.74, 6) is 0.373. The van der Waals surface area contributed by atoms with Crippen LogP contribution in [0.1, 0.15) is 23.7 Å². The first kappa shape index (κ1) is 25.9. The highest BCUT2D eigenvalue weighted by Crippen LogP contribution is 2.30. The van der Waals surface area contributed by atoms with Crippen molar-refractivity contribution in [2.45, 2.75) is 23.5 Å². The van der Waals surface area contributed by atoms with Gasteiger partial charge in [-0.1, -0.05) is 41.1 Å². The SMILES string of the molecule is CCC(Sc1cccc(NC(=O)c2ccc(OC)cc2)c1)C(=O)Nc1nc(-c2ccc(Br)cc2)cs1. The van der Waals surface area contributed by atoms with Crippen molar-refractivity contribution in [2.75, 3.05) is 17.7 Å². The summed E-state index contributed by atoms with van der Waals surface area (Å²) in [6.45, 7) is 1.97. The zero-order valence-corrected chi connectivity index (χ0v) is 22.9. The molecular formula is C27H24BrN3O3S2. The third-order valence-corrected chi connectivity index (χ3v) is 7.90. The van der Waals surface area contributed by atoms with E-state index in [1.807, 2.05) is 60.8 Å². The fraction of sp³-hybridized carbons (Fsp3) is 0.148. The molecule has 9 heteroatoms. The molecule has 0 aliphatic carbocycles. The Balaban J connectivity index is 1.38. The van der Waals surface area contributed by atoms with Crippen LogP contribution < -0.4 is 15.4 Å². The normalized spacial score (nSPS) is 11.5. The number of thioether (sulfide) groups is 1. The average Bonchev–Trinajstić information content (AvgIpc) is 3.36. The minimum Gasteiger partial charge on any atom is -0.497 e. The summed E-state index contributed by atoms with van der Waals surface area (Å²) in [7, 11) is 1.58. The molecule has 0 saturated carbocycles. The van der Waals surface area contributed by atoms with Gasteiger partial charge in [-0.15, -0.1) is 23.1 Å². The lowest BCUT2D eigenvalue weighted by atomic mass is 10.2. The Labute approximate surface area is 226 Å². The number of nitrogens with zero attached hydrogens (tertiary/aromatic N) is 1. The van der Waals surface area contributed by atoms with Crippen LogP contribution in [0.15, 0.2) is 87.5 Å². The molecule has 0 radical (unpaired) electrons. The van der Waals surface area contributed by atoms with Gasteiger partial charge in [0.25, 0.3) is 5.91 Å². The van der Waals surface area contributed by atoms with Gasteiger partial charge in [-0.25, -0.2) is 4.98 Å². The number of ether oxygens (including phenoxy) is 1. The molecule has 4 rings (SSSR count). The van der Waals surface area contributed by atoms with Gasteiger partial charge in [0.05, 0.1) is 18.1 Å². The van der Waals surface area contributed by atoms with Crippen LogP contribution in [-0.2, 0) is 4.79 Å². The number of hydrogen-bond acceptors (Lipinski definition) is 6. The lowest BCUT2D eigenvalue weighted by Crippen LogP contribution is -2.24. The van der Waals surface area contributed by atoms with Gasteiger partial charge >= 0.3 is 0 Å². The molecule has 184 valence electrons. The minimum atomic E-state index is -0.308. The molecule has 36 heavy (non-hydrogen) atoms. The molecule has 1 atom stereocenters. The van der Waals surface area contributed by atoms with Crippen molar-refractivity contribution in [3.8, 4) is 17.0 Å². The maximum atomic E-state index is 13.0. The maximum absolute atomic E-state index is 13.0. The van der Waals surface area contributed by atoms with Crippen molar-refractivity contribution in [1.29, 1.82) is 0 Å². The molecule has 1 heterocycles. The number of amides is 2. The Morgan fingerprint density at radius 1 is 1.06 bits per heavy atom. The van der Waals surface area contributed by atoms with E-state index in [1.165, 1.54) is 23.1 Å². The van der Waals surface area contributed by atoms with Crippen LogP contribution in [0.5, 0.6) is 5.75 Å². The summed E-state index contributed by atoms with van der Waals surface area (Å²) in [4.78, 5) is 31.0. The Morgan fingerprint density at radius 3 is 2.50 bits per heavy atom. The third kappa shape index (κ3) is 6.75. The van der Waals surface area contributed by atoms with Crippen LogP contribution in [0.3, 0.4) is 0 Å². The fourth-order valence-electron chi connectivity index (χ4n) is 3.35. The molecule has 0 spiro atoms. The highest BCUT2D eigenvalue weighted by atomic mass is 79.9. The van der Waals surface area contributed by atoms with Gasteiger partial charge in [-0.05, 0) is 61.0 Å². The number of halogens is 1. The van der Waals surface area contributed by atoms with E-state index in [9.17, 15) is 9.59 Å². The Bertz CT molecular complexity index is 1340. The third-order valence-electron chi connectivity index (χ3n) is 5.26. The molecule has 6 nitrogen and oxygen atoms in total. The van der Waals surface area contributed by atoms with Crippen molar-refractivity contribution >= 4 is 61.7 Å². The van der Waals surface area contributed by atoms with E-state index in [0.29, 0.717) is 28.6 Å². The maximum Gasteiger partial charge on any atom is 0.255 e. The van der Waals surface area contributed by atoms with Crippen molar-refractivity contribution < 1.29 is 14.3 Å². The lowest BCUT2D eigenvalue weighted by Gasteiger charge is -2.14. The van der Waals surface area contributed by atoms with Crippen molar-refractivity contribution in [1.82, 2.24) is 4.98 Å². The molecule has 1 aromatic heterocycles. The highest BCUT2D eigenvalue weighted by Gasteiger charge is 2.20. The molecule has 0 bridgehead atoms. The first-order valence-electron chi connectivity index (χ1n) is 11.2. The van der Waals surface area contributed by atoms with E-state index < -0.39 is 0 Å². The number of carbonyl (C=O) groups excluding carboxylic acids is 2. The van der Waals surface area contributed by atoms with Crippen molar-refractivity contribution in [3.63, 3.8) is 0 Å². The van der Waals surface area contributed by atoms with Crippen molar-refractivity contribution in [2.24, 2.45) is 0 Å². The Morgan fingerprint density at radius 2 is 1.81 bits per heavy atom. The van der Waals surface area contributed by atoms with E-state index in [2.05, 4.69) is 31.5 Å². The van der Waals surface area contributed by atoms with Crippen LogP contribution in [0, 0.1) is 0 Å². The van der Waals surface area contributed by atoms with E-state index in [1.54, 1.807) is 31.4 Å². The van der Waals surface area contributed by atoms with Crippen molar-refractivity contribution in [3.05, 3.63) is 88.2 Å². The van der Waals surface area contributed by atoms with Crippen LogP contribution in [0.25, 0.3) is 11.3 Å². The molecule has 0 aliphatic rings. The van der Waals surface area contributed by atoms with Gasteiger partial charge in [0.15, 0.2) is 5.13 Å². The number of benzene rings is 3. The molecule has 0 saturated heterocycles. The highest BCUT2D eigenvalue weighted by molar-refractivity contribution is 9.10. The number of anilines is 2. The van der Waals surface area contributed by atoms with Gasteiger partial charge in [0.1, 0.15) is 5.75 Å². The molecule has 1 unspecified atom stereocenters. The summed E-state index contributed by atoms with van der Waals surface area (Å²) in [6.07, 6.45) is 0.643. The van der Waals surface area contributed by atoms with Crippen LogP contribution in [-0.4, -0.2) is 29.2 Å². The minimum absolute atomic E-state index is 0.105. The number of thiazole rings is 1. The zero-order valence-electron chi connectivity index (χ0n) is 19.7. The Hall–Kier alpha value is -3.14. The first-order chi connectivity index (χ1) is 17.4. The molecule has 2 N–H and O–H groups in total. The van der Waals surface area contributed by atoms with Gasteiger partial charge in [0.2, 0.25) is 5.91 Å². The largest absolute Gasteiger partial charge is 0.497 e. The summed E-state index contributed by atoms with van der Waals surface area (Å²) in [6, 6.07) is 22.3. The van der Waals surface area contributed by atoms with E-state index in [-0.39, 0.29) is 17.1 Å². The Kier molecular flexibility index (Phi) is 8.79. The van der Waals surface area contributed by atoms with Gasteiger partial charge < -0.3 is 15.4 Å². The average molecular weight is 583 g/mol. The summed E-state index contributed by atoms with van der Waals surface area (Å²) in [5.41, 5.74) is 3.01. The second kappa shape index (κ2) is 12.2.